The molecule has 2 N–H and O–H groups in total. The lowest BCUT2D eigenvalue weighted by Gasteiger charge is -2.08. The third-order valence-corrected chi connectivity index (χ3v) is 6.35. The van der Waals surface area contributed by atoms with Crippen molar-refractivity contribution in [3.63, 3.8) is 0 Å². The number of nitrogen functional groups attached to an aromatic ring is 1. The van der Waals surface area contributed by atoms with Gasteiger partial charge >= 0.3 is 0 Å². The Morgan fingerprint density at radius 2 is 1.89 bits per heavy atom. The summed E-state index contributed by atoms with van der Waals surface area (Å²) >= 11 is 3.39. The Balaban J connectivity index is 0.000000824. The quantitative estimate of drug-likeness (QED) is 0.353. The van der Waals surface area contributed by atoms with Gasteiger partial charge in [-0.2, -0.15) is 0 Å². The Morgan fingerprint density at radius 3 is 2.43 bits per heavy atom. The first-order valence-electron chi connectivity index (χ1n) is 12.3. The predicted octanol–water partition coefficient (Wildman–Crippen LogP) is 10.3. The molecule has 0 aliphatic heterocycles. The number of allylic oxidation sites excluding steroid dienone is 6. The maximum atomic E-state index is 11.0. The molecule has 0 amide bonds. The smallest absolute Gasteiger partial charge is 0.127 e. The Hall–Kier alpha value is -2.68. The van der Waals surface area contributed by atoms with Gasteiger partial charge in [-0.05, 0) is 55.3 Å². The van der Waals surface area contributed by atoms with E-state index < -0.39 is 0 Å². The molecule has 0 spiro atoms. The summed E-state index contributed by atoms with van der Waals surface area (Å²) in [5, 5.41) is 3.17. The van der Waals surface area contributed by atoms with Crippen LogP contribution in [0, 0.1) is 19.3 Å². The zero-order valence-electron chi connectivity index (χ0n) is 22.3. The zero-order valence-corrected chi connectivity index (χ0v) is 24.0. The lowest BCUT2D eigenvalue weighted by Crippen LogP contribution is -1.92. The summed E-state index contributed by atoms with van der Waals surface area (Å²) < 4.78 is 11.0. The molecule has 3 aromatic rings. The van der Waals surface area contributed by atoms with Crippen LogP contribution in [0.1, 0.15) is 71.2 Å². The lowest BCUT2D eigenvalue weighted by atomic mass is 10.0. The van der Waals surface area contributed by atoms with Crippen molar-refractivity contribution in [2.75, 3.05) is 12.4 Å². The van der Waals surface area contributed by atoms with E-state index >= 15 is 0 Å². The summed E-state index contributed by atoms with van der Waals surface area (Å²) in [4.78, 5) is 8.19. The van der Waals surface area contributed by atoms with Gasteiger partial charge in [0.1, 0.15) is 4.83 Å². The molecule has 3 aromatic heterocycles. The van der Waals surface area contributed by atoms with Gasteiger partial charge in [0, 0.05) is 10.3 Å². The number of unbranched alkanes of at least 4 members (excludes halogenated alkanes) is 1. The zero-order chi connectivity index (χ0) is 26.6. The van der Waals surface area contributed by atoms with Crippen LogP contribution in [0.15, 0.2) is 54.0 Å². The third kappa shape index (κ3) is 10.2. The highest BCUT2D eigenvalue weighted by molar-refractivity contribution is 7.19. The van der Waals surface area contributed by atoms with Gasteiger partial charge in [-0.15, -0.1) is 35.0 Å². The van der Waals surface area contributed by atoms with Crippen LogP contribution in [0.4, 0.5) is 10.1 Å². The number of aromatic nitrogens is 1. The fourth-order valence-corrected chi connectivity index (χ4v) is 4.56. The van der Waals surface area contributed by atoms with Gasteiger partial charge in [0.15, 0.2) is 0 Å². The highest BCUT2D eigenvalue weighted by Gasteiger charge is 2.16. The second-order valence-electron chi connectivity index (χ2n) is 6.80. The molecule has 5 heteroatoms. The summed E-state index contributed by atoms with van der Waals surface area (Å²) in [7, 11) is 0. The number of thiophene rings is 2. The average Bonchev–Trinajstić information content (AvgIpc) is 3.42. The Labute approximate surface area is 220 Å². The number of nitrogens with zero attached hydrogens (tertiary/aromatic N) is 1. The number of nitrogens with two attached hydrogens (primary N) is 1. The van der Waals surface area contributed by atoms with E-state index in [0.717, 1.165) is 45.7 Å². The fraction of sp³-hybridized carbons (Fsp3) is 0.367. The van der Waals surface area contributed by atoms with Gasteiger partial charge in [-0.3, -0.25) is 4.39 Å². The maximum absolute atomic E-state index is 11.0. The Morgan fingerprint density at radius 1 is 1.20 bits per heavy atom. The Bertz CT molecular complexity index is 1100. The minimum absolute atomic E-state index is 0.156. The Kier molecular flexibility index (Phi) is 18.1. The van der Waals surface area contributed by atoms with Crippen molar-refractivity contribution in [3.05, 3.63) is 64.4 Å². The first-order chi connectivity index (χ1) is 17.1. The molecule has 0 saturated heterocycles. The SMILES string of the molecule is C#CC.CC.CC.CCCCF.Cc1sc2nc(-c3cccs3)cc(C3=CC=CCC=C3)c2c1N. The number of hydrogen-bond donors (Lipinski definition) is 1. The summed E-state index contributed by atoms with van der Waals surface area (Å²) in [5.74, 6) is 2.25. The third-order valence-electron chi connectivity index (χ3n) is 4.44. The molecule has 0 unspecified atom stereocenters. The molecular formula is C30H41FN2S2. The molecule has 0 atom stereocenters. The molecule has 0 fully saturated rings. The van der Waals surface area contributed by atoms with Crippen LogP contribution in [0.5, 0.6) is 0 Å². The highest BCUT2D eigenvalue weighted by atomic mass is 32.1. The van der Waals surface area contributed by atoms with Crippen LogP contribution in [0.25, 0.3) is 26.4 Å². The van der Waals surface area contributed by atoms with E-state index in [4.69, 9.17) is 10.7 Å². The van der Waals surface area contributed by atoms with Crippen molar-refractivity contribution in [1.29, 1.82) is 0 Å². The number of hydrogen-bond acceptors (Lipinski definition) is 4. The second kappa shape index (κ2) is 19.6. The van der Waals surface area contributed by atoms with E-state index in [0.29, 0.717) is 0 Å². The van der Waals surface area contributed by atoms with Gasteiger partial charge in [-0.1, -0.05) is 77.5 Å². The van der Waals surface area contributed by atoms with Crippen molar-refractivity contribution in [2.45, 2.75) is 67.7 Å². The molecule has 1 aliphatic rings. The molecule has 0 aromatic carbocycles. The average molecular weight is 513 g/mol. The topological polar surface area (TPSA) is 38.9 Å². The van der Waals surface area contributed by atoms with E-state index in [1.54, 1.807) is 29.6 Å². The number of fused-ring (bicyclic) bond motifs is 1. The summed E-state index contributed by atoms with van der Waals surface area (Å²) in [6.07, 6.45) is 18.0. The molecular weight excluding hydrogens is 471 g/mol. The first kappa shape index (κ1) is 32.3. The minimum atomic E-state index is -0.156. The maximum Gasteiger partial charge on any atom is 0.127 e. The second-order valence-corrected chi connectivity index (χ2v) is 8.95. The largest absolute Gasteiger partial charge is 0.397 e. The molecule has 0 radical (unpaired) electrons. The van der Waals surface area contributed by atoms with Crippen molar-refractivity contribution >= 4 is 44.2 Å². The number of anilines is 1. The van der Waals surface area contributed by atoms with E-state index in [2.05, 4.69) is 73.2 Å². The molecule has 35 heavy (non-hydrogen) atoms. The molecule has 1 aliphatic carbocycles. The monoisotopic (exact) mass is 512 g/mol. The number of terminal acetylenes is 1. The summed E-state index contributed by atoms with van der Waals surface area (Å²) in [6, 6.07) is 6.35. The van der Waals surface area contributed by atoms with Crippen molar-refractivity contribution < 1.29 is 4.39 Å². The van der Waals surface area contributed by atoms with Crippen LogP contribution in [-0.2, 0) is 0 Å². The minimum Gasteiger partial charge on any atom is -0.397 e. The van der Waals surface area contributed by atoms with Crippen LogP contribution in [0.2, 0.25) is 0 Å². The molecule has 2 nitrogen and oxygen atoms in total. The fourth-order valence-electron chi connectivity index (χ4n) is 2.90. The predicted molar refractivity (Wildman–Crippen MR) is 161 cm³/mol. The van der Waals surface area contributed by atoms with E-state index in [1.807, 2.05) is 34.6 Å². The molecule has 4 rings (SSSR count). The summed E-state index contributed by atoms with van der Waals surface area (Å²) in [5.41, 5.74) is 10.6. The van der Waals surface area contributed by atoms with Gasteiger partial charge in [0.25, 0.3) is 0 Å². The van der Waals surface area contributed by atoms with Crippen molar-refractivity contribution in [2.24, 2.45) is 0 Å². The molecule has 0 bridgehead atoms. The normalized spacial score (nSPS) is 11.1. The molecule has 3 heterocycles. The van der Waals surface area contributed by atoms with Gasteiger partial charge in [0.05, 0.1) is 22.9 Å². The highest BCUT2D eigenvalue weighted by Crippen LogP contribution is 2.40. The van der Waals surface area contributed by atoms with E-state index in [-0.39, 0.29) is 6.67 Å². The lowest BCUT2D eigenvalue weighted by molar-refractivity contribution is 0.469. The van der Waals surface area contributed by atoms with Crippen LogP contribution >= 0.6 is 22.7 Å². The number of rotatable bonds is 4. The number of halogens is 1. The van der Waals surface area contributed by atoms with E-state index in [1.165, 1.54) is 16.0 Å². The molecule has 190 valence electrons. The van der Waals surface area contributed by atoms with E-state index in [9.17, 15) is 4.39 Å². The number of pyridine rings is 1. The van der Waals surface area contributed by atoms with Crippen molar-refractivity contribution in [3.8, 4) is 22.9 Å². The summed E-state index contributed by atoms with van der Waals surface area (Å²) in [6.45, 7) is 13.5. The van der Waals surface area contributed by atoms with Crippen LogP contribution in [0.3, 0.4) is 0 Å². The number of alkyl halides is 1. The van der Waals surface area contributed by atoms with Gasteiger partial charge in [0.2, 0.25) is 0 Å². The van der Waals surface area contributed by atoms with Crippen molar-refractivity contribution in [1.82, 2.24) is 4.98 Å². The molecule has 0 saturated carbocycles. The van der Waals surface area contributed by atoms with Crippen LogP contribution < -0.4 is 5.73 Å². The first-order valence-corrected chi connectivity index (χ1v) is 14.0. The number of aryl methyl sites for hydroxylation is 1. The standard InChI is InChI=1S/C19H16N2S2.C4H9F.C3H4.2C2H6/c1-12-18(20)17-14(13-7-4-2-3-5-8-13)11-15(21-19(17)23-12)16-9-6-10-22-16;1-2-3-4-5;1-3-2;2*1-2/h2,4-11H,3,20H2,1H3;2-4H2,1H3;1H,2H3;2*1-2H3. The van der Waals surface area contributed by atoms with Gasteiger partial charge < -0.3 is 5.73 Å². The van der Waals surface area contributed by atoms with Crippen LogP contribution in [-0.4, -0.2) is 11.7 Å². The van der Waals surface area contributed by atoms with Gasteiger partial charge in [-0.25, -0.2) is 4.98 Å².